The third-order valence-corrected chi connectivity index (χ3v) is 7.34. The SMILES string of the molecule is CCO[Si](C[CH]C(F)(F)C(F)(F)C(F)(F)C(F)(F)C(F)(F)C(F)(F)C(F)(F)C(F)(F)F)(OCC)OCC. The maximum Gasteiger partial charge on any atom is 0.501 e. The van der Waals surface area contributed by atoms with Crippen molar-refractivity contribution in [2.45, 2.75) is 74.4 Å². The molecule has 0 amide bonds. The minimum atomic E-state index is -8.66. The molecule has 0 unspecified atom stereocenters. The van der Waals surface area contributed by atoms with Crippen LogP contribution in [0.5, 0.6) is 0 Å². The molecule has 21 heteroatoms. The van der Waals surface area contributed by atoms with Crippen molar-refractivity contribution in [3.63, 3.8) is 0 Å². The molecule has 0 fully saturated rings. The highest BCUT2D eigenvalue weighted by Gasteiger charge is 2.95. The molecule has 1 radical (unpaired) electrons. The lowest BCUT2D eigenvalue weighted by atomic mass is 9.88. The predicted octanol–water partition coefficient (Wildman–Crippen LogP) is 7.25. The molecule has 0 saturated carbocycles. The molecule has 0 aliphatic rings. The second-order valence-electron chi connectivity index (χ2n) is 6.96. The average molecular weight is 609 g/mol. The van der Waals surface area contributed by atoms with E-state index in [4.69, 9.17) is 13.3 Å². The molecule has 0 aliphatic carbocycles. The van der Waals surface area contributed by atoms with E-state index in [0.717, 1.165) is 0 Å². The van der Waals surface area contributed by atoms with Crippen LogP contribution in [-0.2, 0) is 13.3 Å². The van der Waals surface area contributed by atoms with Crippen molar-refractivity contribution in [2.75, 3.05) is 19.8 Å². The fourth-order valence-electron chi connectivity index (χ4n) is 2.52. The highest BCUT2D eigenvalue weighted by Crippen LogP contribution is 2.64. The monoisotopic (exact) mass is 609 g/mol. The fourth-order valence-corrected chi connectivity index (χ4v) is 4.95. The van der Waals surface area contributed by atoms with Gasteiger partial charge in [0.05, 0.1) is 0 Å². The van der Waals surface area contributed by atoms with Crippen LogP contribution in [0.2, 0.25) is 6.04 Å². The molecule has 37 heavy (non-hydrogen) atoms. The average Bonchev–Trinajstić information content (AvgIpc) is 2.71. The lowest BCUT2D eigenvalue weighted by Crippen LogP contribution is -2.74. The smallest absolute Gasteiger partial charge is 0.374 e. The molecule has 0 aliphatic heterocycles. The van der Waals surface area contributed by atoms with Crippen LogP contribution in [0.3, 0.4) is 0 Å². The molecule has 3 nitrogen and oxygen atoms in total. The van der Waals surface area contributed by atoms with Crippen LogP contribution in [0.1, 0.15) is 20.8 Å². The van der Waals surface area contributed by atoms with Gasteiger partial charge in [-0.15, -0.1) is 0 Å². The normalized spacial score (nSPS) is 15.9. The fraction of sp³-hybridized carbons (Fsp3) is 0.938. The Bertz CT molecular complexity index is 736. The summed E-state index contributed by atoms with van der Waals surface area (Å²) in [6.07, 6.45) is -9.00. The Morgan fingerprint density at radius 3 is 1.00 bits per heavy atom. The van der Waals surface area contributed by atoms with Crippen molar-refractivity contribution in [3.8, 4) is 0 Å². The highest BCUT2D eigenvalue weighted by molar-refractivity contribution is 6.61. The van der Waals surface area contributed by atoms with Crippen LogP contribution in [0, 0.1) is 6.42 Å². The summed E-state index contributed by atoms with van der Waals surface area (Å²) in [5.41, 5.74) is 0. The first kappa shape index (κ1) is 35.9. The summed E-state index contributed by atoms with van der Waals surface area (Å²) < 4.78 is 241. The van der Waals surface area contributed by atoms with Crippen molar-refractivity contribution >= 4 is 8.80 Å². The third kappa shape index (κ3) is 5.77. The van der Waals surface area contributed by atoms with Crippen molar-refractivity contribution in [1.29, 1.82) is 0 Å². The quantitative estimate of drug-likeness (QED) is 0.145. The summed E-state index contributed by atoms with van der Waals surface area (Å²) in [6, 6.07) is -1.69. The van der Waals surface area contributed by atoms with E-state index in [9.17, 15) is 74.6 Å². The maximum atomic E-state index is 14.1. The molecule has 223 valence electrons. The van der Waals surface area contributed by atoms with Gasteiger partial charge < -0.3 is 13.3 Å². The minimum Gasteiger partial charge on any atom is -0.374 e. The van der Waals surface area contributed by atoms with Crippen LogP contribution in [-0.4, -0.2) is 76.3 Å². The first-order chi connectivity index (χ1) is 16.1. The Morgan fingerprint density at radius 2 is 0.730 bits per heavy atom. The molecule has 0 aromatic rings. The van der Waals surface area contributed by atoms with Crippen LogP contribution in [0.15, 0.2) is 0 Å². The number of alkyl halides is 17. The number of hydrogen-bond donors (Lipinski definition) is 0. The Kier molecular flexibility index (Phi) is 10.5. The van der Waals surface area contributed by atoms with E-state index < -0.39 is 88.7 Å². The molecule has 0 heterocycles. The zero-order valence-corrected chi connectivity index (χ0v) is 19.6. The summed E-state index contributed by atoms with van der Waals surface area (Å²) in [6.45, 7) is 2.22. The Labute approximate surface area is 198 Å². The Hall–Kier alpha value is -1.09. The molecule has 0 aromatic heterocycles. The van der Waals surface area contributed by atoms with Gasteiger partial charge >= 0.3 is 56.4 Å². The van der Waals surface area contributed by atoms with Crippen LogP contribution < -0.4 is 0 Å². The lowest BCUT2D eigenvalue weighted by molar-refractivity contribution is -0.460. The Balaban J connectivity index is 6.57. The minimum absolute atomic E-state index is 0.440. The number of halogens is 17. The van der Waals surface area contributed by atoms with Crippen LogP contribution in [0.4, 0.5) is 74.6 Å². The first-order valence-electron chi connectivity index (χ1n) is 9.61. The van der Waals surface area contributed by atoms with Gasteiger partial charge in [-0.25, -0.2) is 0 Å². The van der Waals surface area contributed by atoms with Gasteiger partial charge in [-0.1, -0.05) is 0 Å². The summed E-state index contributed by atoms with van der Waals surface area (Å²) in [5, 5.41) is 0. The predicted molar refractivity (Wildman–Crippen MR) is 90.4 cm³/mol. The van der Waals surface area contributed by atoms with Crippen LogP contribution in [0.25, 0.3) is 0 Å². The van der Waals surface area contributed by atoms with E-state index in [1.165, 1.54) is 20.8 Å². The molecule has 0 spiro atoms. The summed E-state index contributed by atoms with van der Waals surface area (Å²) in [7, 11) is -4.50. The van der Waals surface area contributed by atoms with Gasteiger partial charge in [0, 0.05) is 32.3 Å². The van der Waals surface area contributed by atoms with E-state index in [-0.39, 0.29) is 0 Å². The zero-order chi connectivity index (χ0) is 30.2. The third-order valence-electron chi connectivity index (χ3n) is 4.45. The van der Waals surface area contributed by atoms with E-state index in [1.54, 1.807) is 0 Å². The Morgan fingerprint density at radius 1 is 0.459 bits per heavy atom. The molecular weight excluding hydrogens is 591 g/mol. The summed E-state index contributed by atoms with van der Waals surface area (Å²) >= 11 is 0. The van der Waals surface area contributed by atoms with E-state index in [2.05, 4.69) is 0 Å². The standard InChI is InChI=1S/C16H18F17O3Si/c1-4-34-37(35-5-2,36-6-3)8-7-9(17,18)10(19,20)11(21,22)12(23,24)13(25,26)14(27,28)15(29,30)16(31,32)33/h7H,4-6,8H2,1-3H3. The van der Waals surface area contributed by atoms with Gasteiger partial charge in [0.2, 0.25) is 0 Å². The van der Waals surface area contributed by atoms with E-state index in [1.807, 2.05) is 0 Å². The van der Waals surface area contributed by atoms with Crippen molar-refractivity contribution in [1.82, 2.24) is 0 Å². The number of hydrogen-bond acceptors (Lipinski definition) is 3. The summed E-state index contributed by atoms with van der Waals surface area (Å²) in [4.78, 5) is 0. The molecule has 0 saturated heterocycles. The molecule has 0 N–H and O–H groups in total. The van der Waals surface area contributed by atoms with Gasteiger partial charge in [0.15, 0.2) is 0 Å². The second-order valence-corrected chi connectivity index (χ2v) is 9.60. The van der Waals surface area contributed by atoms with Gasteiger partial charge in [-0.05, 0) is 20.8 Å². The topological polar surface area (TPSA) is 27.7 Å². The lowest BCUT2D eigenvalue weighted by Gasteiger charge is -2.43. The van der Waals surface area contributed by atoms with Crippen molar-refractivity contribution in [3.05, 3.63) is 6.42 Å². The molecule has 0 aromatic carbocycles. The van der Waals surface area contributed by atoms with Gasteiger partial charge in [-0.3, -0.25) is 0 Å². The van der Waals surface area contributed by atoms with E-state index in [0.29, 0.717) is 0 Å². The largest absolute Gasteiger partial charge is 0.501 e. The van der Waals surface area contributed by atoms with Crippen LogP contribution >= 0.6 is 0 Å². The molecule has 0 rings (SSSR count). The zero-order valence-electron chi connectivity index (χ0n) is 18.6. The van der Waals surface area contributed by atoms with Gasteiger partial charge in [0.25, 0.3) is 0 Å². The summed E-state index contributed by atoms with van der Waals surface area (Å²) in [5.74, 6) is -56.8. The maximum absolute atomic E-state index is 14.1. The number of rotatable bonds is 15. The molecular formula is C16H18F17O3Si. The van der Waals surface area contributed by atoms with Gasteiger partial charge in [-0.2, -0.15) is 74.6 Å². The first-order valence-corrected chi connectivity index (χ1v) is 11.5. The molecule has 0 atom stereocenters. The highest BCUT2D eigenvalue weighted by atomic mass is 28.4. The van der Waals surface area contributed by atoms with Gasteiger partial charge in [0.1, 0.15) is 0 Å². The van der Waals surface area contributed by atoms with Crippen molar-refractivity contribution in [2.24, 2.45) is 0 Å². The molecule has 0 bridgehead atoms. The van der Waals surface area contributed by atoms with Crippen molar-refractivity contribution < 1.29 is 87.9 Å². The second kappa shape index (κ2) is 10.8. The van der Waals surface area contributed by atoms with E-state index >= 15 is 0 Å².